The first-order chi connectivity index (χ1) is 10.7. The van der Waals surface area contributed by atoms with E-state index >= 15 is 0 Å². The molecule has 2 atom stereocenters. The standard InChI is InChI=1S/C16H19N3O2S/c1-10-15(11-4-7-19(10)8-5-11)17-16(20)14-3-2-13(22-14)12-6-9-21-18-12/h2-3,6,9-11,15H,4-5,7-8H2,1H3,(H,17,20). The zero-order valence-corrected chi connectivity index (χ0v) is 13.3. The van der Waals surface area contributed by atoms with Crippen LogP contribution in [0.15, 0.2) is 29.0 Å². The van der Waals surface area contributed by atoms with E-state index in [4.69, 9.17) is 4.52 Å². The molecule has 1 N–H and O–H groups in total. The van der Waals surface area contributed by atoms with Crippen molar-refractivity contribution < 1.29 is 9.32 Å². The molecule has 1 amide bonds. The average Bonchev–Trinajstić information content (AvgIpc) is 3.21. The Kier molecular flexibility index (Phi) is 3.50. The van der Waals surface area contributed by atoms with E-state index in [-0.39, 0.29) is 11.9 Å². The molecule has 2 bridgehead atoms. The van der Waals surface area contributed by atoms with Crippen molar-refractivity contribution in [2.24, 2.45) is 5.92 Å². The second-order valence-corrected chi connectivity index (χ2v) is 7.25. The van der Waals surface area contributed by atoms with Crippen molar-refractivity contribution in [3.05, 3.63) is 29.3 Å². The van der Waals surface area contributed by atoms with Crippen LogP contribution in [0.2, 0.25) is 0 Å². The van der Waals surface area contributed by atoms with E-state index in [1.54, 1.807) is 6.26 Å². The summed E-state index contributed by atoms with van der Waals surface area (Å²) in [5.74, 6) is 0.657. The van der Waals surface area contributed by atoms with E-state index in [1.807, 2.05) is 18.2 Å². The smallest absolute Gasteiger partial charge is 0.261 e. The van der Waals surface area contributed by atoms with Gasteiger partial charge in [-0.05, 0) is 50.9 Å². The monoisotopic (exact) mass is 317 g/mol. The number of thiophene rings is 1. The molecule has 0 spiro atoms. The predicted octanol–water partition coefficient (Wildman–Crippen LogP) is 2.62. The van der Waals surface area contributed by atoms with Crippen LogP contribution in [0, 0.1) is 5.92 Å². The summed E-state index contributed by atoms with van der Waals surface area (Å²) in [6.45, 7) is 4.58. The highest BCUT2D eigenvalue weighted by Gasteiger charge is 2.40. The molecule has 5 heterocycles. The zero-order chi connectivity index (χ0) is 15.1. The summed E-state index contributed by atoms with van der Waals surface area (Å²) in [7, 11) is 0. The summed E-state index contributed by atoms with van der Waals surface area (Å²) >= 11 is 1.46. The first-order valence-corrected chi connectivity index (χ1v) is 8.59. The van der Waals surface area contributed by atoms with Crippen molar-refractivity contribution in [3.63, 3.8) is 0 Å². The minimum absolute atomic E-state index is 0.0327. The second kappa shape index (κ2) is 5.52. The molecule has 116 valence electrons. The number of fused-ring (bicyclic) bond motifs is 3. The summed E-state index contributed by atoms with van der Waals surface area (Å²) in [5.41, 5.74) is 0.778. The van der Waals surface area contributed by atoms with Gasteiger partial charge in [0.05, 0.1) is 9.75 Å². The first kappa shape index (κ1) is 14.0. The number of nitrogens with one attached hydrogen (secondary N) is 1. The average molecular weight is 317 g/mol. The largest absolute Gasteiger partial charge is 0.364 e. The molecule has 2 unspecified atom stereocenters. The molecule has 2 aromatic heterocycles. The van der Waals surface area contributed by atoms with Gasteiger partial charge in [-0.1, -0.05) is 5.16 Å². The van der Waals surface area contributed by atoms with Gasteiger partial charge in [0.1, 0.15) is 12.0 Å². The van der Waals surface area contributed by atoms with E-state index in [1.165, 1.54) is 37.3 Å². The van der Waals surface area contributed by atoms with Gasteiger partial charge >= 0.3 is 0 Å². The molecule has 0 aliphatic carbocycles. The van der Waals surface area contributed by atoms with Crippen molar-refractivity contribution >= 4 is 17.2 Å². The number of nitrogens with zero attached hydrogens (tertiary/aromatic N) is 2. The molecule has 3 saturated heterocycles. The number of carbonyl (C=O) groups excluding carboxylic acids is 1. The third-order valence-corrected chi connectivity index (χ3v) is 6.10. The van der Waals surface area contributed by atoms with Crippen molar-refractivity contribution in [1.82, 2.24) is 15.4 Å². The van der Waals surface area contributed by atoms with Crippen molar-refractivity contribution in [1.29, 1.82) is 0 Å². The van der Waals surface area contributed by atoms with Crippen LogP contribution in [0.25, 0.3) is 10.6 Å². The Morgan fingerprint density at radius 2 is 2.18 bits per heavy atom. The lowest BCUT2D eigenvalue weighted by molar-refractivity contribution is 0.0218. The number of carbonyl (C=O) groups is 1. The number of hydrogen-bond donors (Lipinski definition) is 1. The Morgan fingerprint density at radius 3 is 2.86 bits per heavy atom. The van der Waals surface area contributed by atoms with Gasteiger partial charge in [0, 0.05) is 18.2 Å². The Hall–Kier alpha value is -1.66. The Balaban J connectivity index is 1.48. The molecule has 0 radical (unpaired) electrons. The lowest BCUT2D eigenvalue weighted by Gasteiger charge is -2.49. The summed E-state index contributed by atoms with van der Waals surface area (Å²) in [4.78, 5) is 16.7. The topological polar surface area (TPSA) is 58.4 Å². The molecule has 3 aliphatic heterocycles. The van der Waals surface area contributed by atoms with Crippen molar-refractivity contribution in [2.75, 3.05) is 13.1 Å². The molecule has 6 heteroatoms. The fourth-order valence-corrected chi connectivity index (χ4v) is 4.58. The fourth-order valence-electron chi connectivity index (χ4n) is 3.70. The van der Waals surface area contributed by atoms with Gasteiger partial charge in [-0.15, -0.1) is 11.3 Å². The number of amides is 1. The molecule has 3 aliphatic rings. The molecule has 0 aromatic carbocycles. The maximum Gasteiger partial charge on any atom is 0.261 e. The third kappa shape index (κ3) is 2.36. The number of aromatic nitrogens is 1. The Bertz CT molecular complexity index is 657. The van der Waals surface area contributed by atoms with Crippen LogP contribution in [-0.2, 0) is 0 Å². The summed E-state index contributed by atoms with van der Waals surface area (Å²) in [6.07, 6.45) is 3.94. The molecule has 0 saturated carbocycles. The predicted molar refractivity (Wildman–Crippen MR) is 84.8 cm³/mol. The number of hydrogen-bond acceptors (Lipinski definition) is 5. The van der Waals surface area contributed by atoms with E-state index in [2.05, 4.69) is 22.3 Å². The van der Waals surface area contributed by atoms with Gasteiger partial charge in [-0.3, -0.25) is 9.69 Å². The van der Waals surface area contributed by atoms with E-state index < -0.39 is 0 Å². The normalized spacial score (nSPS) is 30.4. The minimum Gasteiger partial charge on any atom is -0.364 e. The lowest BCUT2D eigenvalue weighted by Crippen LogP contribution is -2.62. The zero-order valence-electron chi connectivity index (χ0n) is 12.5. The van der Waals surface area contributed by atoms with Gasteiger partial charge in [-0.25, -0.2) is 0 Å². The highest BCUT2D eigenvalue weighted by molar-refractivity contribution is 7.17. The van der Waals surface area contributed by atoms with Gasteiger partial charge in [0.15, 0.2) is 0 Å². The summed E-state index contributed by atoms with van der Waals surface area (Å²) in [6, 6.07) is 6.31. The van der Waals surface area contributed by atoms with E-state index in [0.717, 1.165) is 15.4 Å². The van der Waals surface area contributed by atoms with Gasteiger partial charge < -0.3 is 9.84 Å². The lowest BCUT2D eigenvalue weighted by atomic mass is 9.79. The Morgan fingerprint density at radius 1 is 1.36 bits per heavy atom. The fraction of sp³-hybridized carbons (Fsp3) is 0.500. The van der Waals surface area contributed by atoms with Crippen molar-refractivity contribution in [3.8, 4) is 10.6 Å². The quantitative estimate of drug-likeness (QED) is 0.945. The molecule has 5 nitrogen and oxygen atoms in total. The van der Waals surface area contributed by atoms with Gasteiger partial charge in [-0.2, -0.15) is 0 Å². The molecule has 3 fully saturated rings. The van der Waals surface area contributed by atoms with Crippen LogP contribution in [0.1, 0.15) is 29.4 Å². The van der Waals surface area contributed by atoms with Crippen LogP contribution in [0.4, 0.5) is 0 Å². The highest BCUT2D eigenvalue weighted by Crippen LogP contribution is 2.33. The third-order valence-electron chi connectivity index (χ3n) is 5.00. The molecular weight excluding hydrogens is 298 g/mol. The molecule has 2 aromatic rings. The van der Waals surface area contributed by atoms with Crippen LogP contribution < -0.4 is 5.32 Å². The summed E-state index contributed by atoms with van der Waals surface area (Å²) < 4.78 is 4.86. The molecule has 22 heavy (non-hydrogen) atoms. The number of piperidine rings is 3. The molecular formula is C16H19N3O2S. The minimum atomic E-state index is 0.0327. The Labute approximate surface area is 133 Å². The second-order valence-electron chi connectivity index (χ2n) is 6.16. The maximum atomic E-state index is 12.6. The van der Waals surface area contributed by atoms with Crippen LogP contribution >= 0.6 is 11.3 Å². The van der Waals surface area contributed by atoms with Gasteiger partial charge in [0.25, 0.3) is 5.91 Å². The van der Waals surface area contributed by atoms with E-state index in [9.17, 15) is 4.79 Å². The van der Waals surface area contributed by atoms with Gasteiger partial charge in [0.2, 0.25) is 0 Å². The summed E-state index contributed by atoms with van der Waals surface area (Å²) in [5, 5.41) is 7.18. The molecule has 5 rings (SSSR count). The van der Waals surface area contributed by atoms with Crippen LogP contribution in [0.3, 0.4) is 0 Å². The highest BCUT2D eigenvalue weighted by atomic mass is 32.1. The van der Waals surface area contributed by atoms with Crippen molar-refractivity contribution in [2.45, 2.75) is 31.8 Å². The maximum absolute atomic E-state index is 12.6. The number of rotatable bonds is 3. The van der Waals surface area contributed by atoms with Crippen LogP contribution in [-0.4, -0.2) is 41.1 Å². The SMILES string of the molecule is CC1C(NC(=O)c2ccc(-c3ccon3)s2)C2CCN1CC2. The van der Waals surface area contributed by atoms with E-state index in [0.29, 0.717) is 12.0 Å². The first-order valence-electron chi connectivity index (χ1n) is 7.78. The van der Waals surface area contributed by atoms with Crippen LogP contribution in [0.5, 0.6) is 0 Å².